The number of carbonyl (C=O) groups excluding carboxylic acids is 2. The molecule has 0 fully saturated rings. The van der Waals surface area contributed by atoms with Crippen molar-refractivity contribution >= 4 is 34.1 Å². The zero-order valence-electron chi connectivity index (χ0n) is 25.2. The highest BCUT2D eigenvalue weighted by Crippen LogP contribution is 2.38. The molecule has 232 valence electrons. The fourth-order valence-corrected chi connectivity index (χ4v) is 4.58. The average Bonchev–Trinajstić information content (AvgIpc) is 3.02. The van der Waals surface area contributed by atoms with Crippen molar-refractivity contribution < 1.29 is 32.6 Å². The van der Waals surface area contributed by atoms with Crippen LogP contribution in [-0.2, 0) is 9.59 Å². The smallest absolute Gasteiger partial charge is 0.236 e. The van der Waals surface area contributed by atoms with Crippen molar-refractivity contribution in [1.82, 2.24) is 9.88 Å². The molecule has 0 aliphatic heterocycles. The van der Waals surface area contributed by atoms with E-state index in [2.05, 4.69) is 34.4 Å². The minimum Gasteiger partial charge on any atom is -0.493 e. The number of likely N-dealkylation sites (N-methyl/N-ethyl adjacent to an activating group) is 1. The molecule has 44 heavy (non-hydrogen) atoms. The molecule has 0 spiro atoms. The number of fused-ring (bicyclic) bond motifs is 1. The highest BCUT2D eigenvalue weighted by molar-refractivity contribution is 6.10. The average molecular weight is 607 g/mol. The van der Waals surface area contributed by atoms with E-state index in [4.69, 9.17) is 14.2 Å². The second kappa shape index (κ2) is 15.1. The van der Waals surface area contributed by atoms with Crippen molar-refractivity contribution in [2.75, 3.05) is 44.0 Å². The number of hydrogen-bond donors (Lipinski definition) is 2. The van der Waals surface area contributed by atoms with E-state index in [0.717, 1.165) is 25.7 Å². The molecule has 4 aromatic rings. The fourth-order valence-electron chi connectivity index (χ4n) is 4.58. The molecule has 1 unspecified atom stereocenters. The number of methoxy groups -OCH3 is 1. The van der Waals surface area contributed by atoms with Crippen molar-refractivity contribution in [3.63, 3.8) is 0 Å². The van der Waals surface area contributed by atoms with E-state index < -0.39 is 29.4 Å². The maximum Gasteiger partial charge on any atom is 0.236 e. The molecule has 9 nitrogen and oxygen atoms in total. The summed E-state index contributed by atoms with van der Waals surface area (Å²) in [6, 6.07) is 14.3. The van der Waals surface area contributed by atoms with E-state index in [1.165, 1.54) is 36.4 Å². The van der Waals surface area contributed by atoms with Crippen molar-refractivity contribution in [1.29, 1.82) is 0 Å². The summed E-state index contributed by atoms with van der Waals surface area (Å²) in [7, 11) is 1.55. The predicted octanol–water partition coefficient (Wildman–Crippen LogP) is 6.64. The molecule has 2 amide bonds. The van der Waals surface area contributed by atoms with Gasteiger partial charge in [-0.05, 0) is 68.0 Å². The number of nitrogens with one attached hydrogen (secondary N) is 2. The second-order valence-electron chi connectivity index (χ2n) is 9.90. The van der Waals surface area contributed by atoms with E-state index in [1.807, 2.05) is 0 Å². The molecule has 11 heteroatoms. The second-order valence-corrected chi connectivity index (χ2v) is 9.90. The lowest BCUT2D eigenvalue weighted by atomic mass is 10.0. The van der Waals surface area contributed by atoms with Gasteiger partial charge in [0, 0.05) is 41.6 Å². The number of benzene rings is 3. The van der Waals surface area contributed by atoms with Gasteiger partial charge in [-0.2, -0.15) is 0 Å². The quantitative estimate of drug-likeness (QED) is 0.155. The van der Waals surface area contributed by atoms with Crippen LogP contribution in [0.4, 0.5) is 20.2 Å². The molecule has 0 bridgehead atoms. The Bertz CT molecular complexity index is 1600. The zero-order chi connectivity index (χ0) is 31.6. The van der Waals surface area contributed by atoms with Crippen LogP contribution in [0.1, 0.15) is 27.2 Å². The molecule has 0 saturated heterocycles. The molecule has 1 aromatic heterocycles. The Labute approximate surface area is 255 Å². The molecular weight excluding hydrogens is 570 g/mol. The molecule has 3 aromatic carbocycles. The van der Waals surface area contributed by atoms with Gasteiger partial charge in [0.2, 0.25) is 11.8 Å². The number of halogens is 2. The lowest BCUT2D eigenvalue weighted by molar-refractivity contribution is -0.129. The van der Waals surface area contributed by atoms with E-state index in [-0.39, 0.29) is 17.9 Å². The van der Waals surface area contributed by atoms with Crippen LogP contribution in [0.5, 0.6) is 23.0 Å². The normalized spacial score (nSPS) is 11.7. The molecule has 1 heterocycles. The summed E-state index contributed by atoms with van der Waals surface area (Å²) in [5, 5.41) is 5.78. The molecular formula is C33H36F2N4O5. The lowest BCUT2D eigenvalue weighted by Gasteiger charge is -2.19. The fraction of sp³-hybridized carbons (Fsp3) is 0.303. The summed E-state index contributed by atoms with van der Waals surface area (Å²) < 4.78 is 45.9. The SMILES string of the molecule is CCC(C(=O)Nc1ccc(F)cc1)C(=O)Nc1ccc(Oc2ccnc3cc(OC)c(OCCN(CC)CC)cc23)c(F)c1. The summed E-state index contributed by atoms with van der Waals surface area (Å²) >= 11 is 0. The number of rotatable bonds is 14. The van der Waals surface area contributed by atoms with Crippen LogP contribution in [0.15, 0.2) is 66.9 Å². The van der Waals surface area contributed by atoms with Gasteiger partial charge in [-0.25, -0.2) is 8.78 Å². The molecule has 0 aliphatic carbocycles. The summed E-state index contributed by atoms with van der Waals surface area (Å²) in [4.78, 5) is 32.2. The first-order valence-electron chi connectivity index (χ1n) is 14.4. The first-order chi connectivity index (χ1) is 21.3. The van der Waals surface area contributed by atoms with Crippen LogP contribution in [0.25, 0.3) is 10.9 Å². The third-order valence-electron chi connectivity index (χ3n) is 7.12. The number of pyridine rings is 1. The van der Waals surface area contributed by atoms with Crippen molar-refractivity contribution in [3.8, 4) is 23.0 Å². The van der Waals surface area contributed by atoms with Gasteiger partial charge in [0.1, 0.15) is 24.1 Å². The Hall–Kier alpha value is -4.77. The molecule has 1 atom stereocenters. The van der Waals surface area contributed by atoms with Crippen molar-refractivity contribution in [2.24, 2.45) is 5.92 Å². The van der Waals surface area contributed by atoms with Crippen LogP contribution >= 0.6 is 0 Å². The lowest BCUT2D eigenvalue weighted by Crippen LogP contribution is -2.33. The molecule has 0 aliphatic rings. The van der Waals surface area contributed by atoms with Gasteiger partial charge in [-0.15, -0.1) is 0 Å². The molecule has 2 N–H and O–H groups in total. The Balaban J connectivity index is 1.48. The largest absolute Gasteiger partial charge is 0.493 e. The number of amides is 2. The van der Waals surface area contributed by atoms with Gasteiger partial charge in [0.05, 0.1) is 12.6 Å². The number of carbonyl (C=O) groups is 2. The predicted molar refractivity (Wildman–Crippen MR) is 165 cm³/mol. The van der Waals surface area contributed by atoms with E-state index in [0.29, 0.717) is 40.4 Å². The Kier molecular flexibility index (Phi) is 11.0. The topological polar surface area (TPSA) is 102 Å². The van der Waals surface area contributed by atoms with Gasteiger partial charge < -0.3 is 29.7 Å². The minimum absolute atomic E-state index is 0.0728. The maximum absolute atomic E-state index is 15.2. The van der Waals surface area contributed by atoms with Crippen molar-refractivity contribution in [2.45, 2.75) is 27.2 Å². The van der Waals surface area contributed by atoms with E-state index >= 15 is 4.39 Å². The van der Waals surface area contributed by atoms with Crippen LogP contribution in [0, 0.1) is 17.6 Å². The number of anilines is 2. The minimum atomic E-state index is -1.05. The zero-order valence-corrected chi connectivity index (χ0v) is 25.2. The Morgan fingerprint density at radius 1 is 0.841 bits per heavy atom. The molecule has 4 rings (SSSR count). The summed E-state index contributed by atoms with van der Waals surface area (Å²) in [5.74, 6) is -2.08. The van der Waals surface area contributed by atoms with E-state index in [9.17, 15) is 14.0 Å². The third-order valence-corrected chi connectivity index (χ3v) is 7.12. The van der Waals surface area contributed by atoms with Crippen LogP contribution < -0.4 is 24.8 Å². The third kappa shape index (κ3) is 7.99. The van der Waals surface area contributed by atoms with Gasteiger partial charge in [0.25, 0.3) is 0 Å². The Morgan fingerprint density at radius 2 is 1.52 bits per heavy atom. The number of nitrogens with zero attached hydrogens (tertiary/aromatic N) is 2. The van der Waals surface area contributed by atoms with Gasteiger partial charge >= 0.3 is 0 Å². The highest BCUT2D eigenvalue weighted by atomic mass is 19.1. The van der Waals surface area contributed by atoms with Gasteiger partial charge in [-0.1, -0.05) is 20.8 Å². The van der Waals surface area contributed by atoms with Crippen molar-refractivity contribution in [3.05, 3.63) is 78.5 Å². The summed E-state index contributed by atoms with van der Waals surface area (Å²) in [6.07, 6.45) is 1.75. The van der Waals surface area contributed by atoms with Crippen LogP contribution in [-0.4, -0.2) is 55.0 Å². The number of aromatic nitrogens is 1. The van der Waals surface area contributed by atoms with Crippen LogP contribution in [0.3, 0.4) is 0 Å². The first-order valence-corrected chi connectivity index (χ1v) is 14.4. The summed E-state index contributed by atoms with van der Waals surface area (Å²) in [5.41, 5.74) is 1.08. The summed E-state index contributed by atoms with van der Waals surface area (Å²) in [6.45, 7) is 8.89. The van der Waals surface area contributed by atoms with Crippen LogP contribution in [0.2, 0.25) is 0 Å². The van der Waals surface area contributed by atoms with E-state index in [1.54, 1.807) is 38.4 Å². The maximum atomic E-state index is 15.2. The first kappa shape index (κ1) is 32.2. The molecule has 0 radical (unpaired) electrons. The molecule has 0 saturated carbocycles. The number of ether oxygens (including phenoxy) is 3. The van der Waals surface area contributed by atoms with Gasteiger partial charge in [0.15, 0.2) is 23.1 Å². The van der Waals surface area contributed by atoms with Gasteiger partial charge in [-0.3, -0.25) is 14.6 Å². The monoisotopic (exact) mass is 606 g/mol. The Morgan fingerprint density at radius 3 is 2.16 bits per heavy atom. The number of hydrogen-bond acceptors (Lipinski definition) is 7. The standard InChI is InChI=1S/C33H36F2N4O5/c1-5-24(32(40)37-22-10-8-21(34)9-11-22)33(41)38-23-12-13-29(26(35)18-23)44-28-14-15-36-27-20-30(42-4)31(19-25(27)28)43-17-16-39(6-2)7-3/h8-15,18-20,24H,5-7,16-17H2,1-4H3,(H,37,40)(H,38,41). The highest BCUT2D eigenvalue weighted by Gasteiger charge is 2.25.